The minimum Gasteiger partial charge on any atom is -0.458 e. The average Bonchev–Trinajstić information content (AvgIpc) is 3.80. The lowest BCUT2D eigenvalue weighted by atomic mass is 9.86. The molecule has 0 saturated heterocycles. The Morgan fingerprint density at radius 3 is 2.34 bits per heavy atom. The number of imide groups is 1. The molecule has 346 valence electrons. The molecule has 18 nitrogen and oxygen atoms in total. The molecule has 19 heteroatoms. The van der Waals surface area contributed by atoms with Gasteiger partial charge in [0.25, 0.3) is 17.4 Å². The number of cyclic esters (lactones) is 1. The number of halogens is 1. The van der Waals surface area contributed by atoms with Crippen molar-refractivity contribution in [2.45, 2.75) is 117 Å². The van der Waals surface area contributed by atoms with Crippen molar-refractivity contribution in [2.75, 3.05) is 19.8 Å². The molecule has 4 atom stereocenters. The number of rotatable bonds is 21. The van der Waals surface area contributed by atoms with Crippen molar-refractivity contribution in [3.63, 3.8) is 0 Å². The van der Waals surface area contributed by atoms with Crippen molar-refractivity contribution < 1.29 is 57.3 Å². The van der Waals surface area contributed by atoms with E-state index < -0.39 is 59.4 Å². The van der Waals surface area contributed by atoms with Crippen LogP contribution in [0.25, 0.3) is 22.3 Å². The molecule has 0 bridgehead atoms. The van der Waals surface area contributed by atoms with E-state index in [0.717, 1.165) is 4.90 Å². The quantitative estimate of drug-likeness (QED) is 0.0533. The maximum atomic E-state index is 14.8. The van der Waals surface area contributed by atoms with Crippen molar-refractivity contribution in [3.8, 4) is 11.4 Å². The van der Waals surface area contributed by atoms with Gasteiger partial charge in [0.2, 0.25) is 17.7 Å². The lowest BCUT2D eigenvalue weighted by molar-refractivity contribution is -0.172. The fourth-order valence-corrected chi connectivity index (χ4v) is 8.07. The third-order valence-corrected chi connectivity index (χ3v) is 12.1. The molecule has 3 aliphatic rings. The monoisotopic (exact) mass is 900 g/mol. The Hall–Kier alpha value is -6.47. The van der Waals surface area contributed by atoms with Gasteiger partial charge in [0.05, 0.1) is 47.7 Å². The predicted molar refractivity (Wildman–Crippen MR) is 230 cm³/mol. The van der Waals surface area contributed by atoms with Crippen LogP contribution in [0.5, 0.6) is 0 Å². The number of hydrogen-bond acceptors (Lipinski definition) is 13. The summed E-state index contributed by atoms with van der Waals surface area (Å²) < 4.78 is 26.9. The zero-order valence-corrected chi connectivity index (χ0v) is 37.0. The minimum atomic E-state index is -2.03. The lowest BCUT2D eigenvalue weighted by Crippen LogP contribution is -2.44. The van der Waals surface area contributed by atoms with Crippen molar-refractivity contribution >= 4 is 58.0 Å². The highest BCUT2D eigenvalue weighted by Gasteiger charge is 2.45. The molecular weight excluding hydrogens is 848 g/mol. The second kappa shape index (κ2) is 20.1. The molecule has 0 fully saturated rings. The van der Waals surface area contributed by atoms with E-state index in [0.29, 0.717) is 52.7 Å². The van der Waals surface area contributed by atoms with E-state index in [1.54, 1.807) is 26.0 Å². The van der Waals surface area contributed by atoms with Gasteiger partial charge in [-0.25, -0.2) is 14.2 Å². The smallest absolute Gasteiger partial charge is 0.343 e. The van der Waals surface area contributed by atoms with Crippen LogP contribution in [0.3, 0.4) is 0 Å². The van der Waals surface area contributed by atoms with Crippen LogP contribution in [-0.4, -0.2) is 98.5 Å². The molecule has 5 heterocycles. The SMILES string of the molecule is CC[C@@]1(O)C(=O)OCc2c1cc1n(c2=O)Cc2c-1nc1cc(F)c(C)cc1c2CNC(=O)COCCC(=O)[C@H](C)NC(=O)[C@H](C)CC(=O)[C@H](C)NC(=O)CCCCCN1C(=O)C=CC1=O. The molecule has 0 aliphatic carbocycles. The Kier molecular flexibility index (Phi) is 14.9. The van der Waals surface area contributed by atoms with Crippen LogP contribution < -0.4 is 21.5 Å². The number of aromatic nitrogens is 2. The number of pyridine rings is 2. The number of aryl methyl sites for hydroxylation is 1. The van der Waals surface area contributed by atoms with Gasteiger partial charge >= 0.3 is 5.97 Å². The molecule has 6 rings (SSSR count). The Labute approximate surface area is 373 Å². The van der Waals surface area contributed by atoms with Gasteiger partial charge in [-0.05, 0) is 63.3 Å². The molecule has 4 N–H and O–H groups in total. The molecule has 0 spiro atoms. The number of benzene rings is 1. The van der Waals surface area contributed by atoms with Crippen LogP contribution in [0.15, 0.2) is 35.1 Å². The van der Waals surface area contributed by atoms with E-state index in [4.69, 9.17) is 14.5 Å². The summed E-state index contributed by atoms with van der Waals surface area (Å²) >= 11 is 0. The van der Waals surface area contributed by atoms with Crippen LogP contribution >= 0.6 is 0 Å². The molecule has 3 aliphatic heterocycles. The summed E-state index contributed by atoms with van der Waals surface area (Å²) in [5.41, 5.74) is 0.192. The number of nitrogens with zero attached hydrogens (tertiary/aromatic N) is 3. The molecule has 0 saturated carbocycles. The first-order valence-corrected chi connectivity index (χ1v) is 21.7. The standard InChI is InChI=1S/C46H53FN6O12/c1-6-46(63)32-18-35-42-30(21-53(35)44(61)31(32)22-65-45(46)62)29(28-16-24(2)33(47)19-34(28)51-42)20-48-39(57)23-64-15-13-36(54)26(4)50-43(60)25(3)17-37(55)27(5)49-38(56)10-8-7-9-14-52-40(58)11-12-41(52)59/h11-12,16,18-19,25-27,63H,6-10,13-15,17,20-23H2,1-5H3,(H,48,57)(H,49,56)(H,50,60)/t25-,26+,27+,46+/m1/s1. The lowest BCUT2D eigenvalue weighted by Gasteiger charge is -2.31. The van der Waals surface area contributed by atoms with Crippen LogP contribution in [-0.2, 0) is 73.1 Å². The van der Waals surface area contributed by atoms with Gasteiger partial charge in [-0.15, -0.1) is 0 Å². The molecule has 0 radical (unpaired) electrons. The summed E-state index contributed by atoms with van der Waals surface area (Å²) in [5, 5.41) is 19.8. The summed E-state index contributed by atoms with van der Waals surface area (Å²) in [7, 11) is 0. The van der Waals surface area contributed by atoms with Gasteiger partial charge in [-0.3, -0.25) is 43.3 Å². The summed E-state index contributed by atoms with van der Waals surface area (Å²) in [5.74, 6) is -5.03. The van der Waals surface area contributed by atoms with Gasteiger partial charge in [0.15, 0.2) is 17.2 Å². The van der Waals surface area contributed by atoms with Gasteiger partial charge in [0.1, 0.15) is 19.0 Å². The van der Waals surface area contributed by atoms with E-state index in [2.05, 4.69) is 16.0 Å². The number of aliphatic hydroxyl groups is 1. The Balaban J connectivity index is 0.951. The molecule has 2 aromatic heterocycles. The van der Waals surface area contributed by atoms with Crippen LogP contribution in [0.1, 0.15) is 100 Å². The second-order valence-corrected chi connectivity index (χ2v) is 16.7. The second-order valence-electron chi connectivity index (χ2n) is 16.7. The average molecular weight is 901 g/mol. The highest BCUT2D eigenvalue weighted by molar-refractivity contribution is 6.12. The van der Waals surface area contributed by atoms with E-state index >= 15 is 0 Å². The number of nitrogens with one attached hydrogen (secondary N) is 3. The number of ketones is 2. The summed E-state index contributed by atoms with van der Waals surface area (Å²) in [6, 6.07) is 2.65. The maximum Gasteiger partial charge on any atom is 0.343 e. The molecule has 3 aromatic rings. The third kappa shape index (κ3) is 10.4. The first-order valence-electron chi connectivity index (χ1n) is 21.7. The number of carbonyl (C=O) groups excluding carboxylic acids is 8. The Morgan fingerprint density at radius 2 is 1.63 bits per heavy atom. The first-order chi connectivity index (χ1) is 30.8. The summed E-state index contributed by atoms with van der Waals surface area (Å²) in [4.78, 5) is 119. The van der Waals surface area contributed by atoms with Crippen molar-refractivity contribution in [1.29, 1.82) is 0 Å². The Morgan fingerprint density at radius 1 is 0.923 bits per heavy atom. The fourth-order valence-electron chi connectivity index (χ4n) is 8.07. The molecule has 1 aromatic carbocycles. The number of hydrogen-bond donors (Lipinski definition) is 4. The zero-order chi connectivity index (χ0) is 47.3. The highest BCUT2D eigenvalue weighted by atomic mass is 19.1. The maximum absolute atomic E-state index is 14.8. The largest absolute Gasteiger partial charge is 0.458 e. The predicted octanol–water partition coefficient (Wildman–Crippen LogP) is 2.21. The number of amides is 5. The van der Waals surface area contributed by atoms with Crippen molar-refractivity contribution in [1.82, 2.24) is 30.4 Å². The minimum absolute atomic E-state index is 0.0406. The normalized spacial score (nSPS) is 17.5. The molecule has 5 amide bonds. The van der Waals surface area contributed by atoms with E-state index in [-0.39, 0.29) is 104 Å². The Bertz CT molecular complexity index is 2550. The number of carbonyl (C=O) groups is 8. The van der Waals surface area contributed by atoms with Crippen LogP contribution in [0.4, 0.5) is 4.39 Å². The third-order valence-electron chi connectivity index (χ3n) is 12.1. The highest BCUT2D eigenvalue weighted by Crippen LogP contribution is 2.40. The molecular formula is C46H53FN6O12. The van der Waals surface area contributed by atoms with Crippen LogP contribution in [0, 0.1) is 18.7 Å². The van der Waals surface area contributed by atoms with Gasteiger partial charge in [-0.1, -0.05) is 20.3 Å². The molecule has 65 heavy (non-hydrogen) atoms. The van der Waals surface area contributed by atoms with Crippen LogP contribution in [0.2, 0.25) is 0 Å². The number of fused-ring (bicyclic) bond motifs is 5. The number of esters is 1. The van der Waals surface area contributed by atoms with E-state index in [1.165, 1.54) is 43.6 Å². The summed E-state index contributed by atoms with van der Waals surface area (Å²) in [6.45, 7) is 7.13. The van der Waals surface area contributed by atoms with Crippen molar-refractivity contribution in [2.24, 2.45) is 5.92 Å². The molecule has 0 unspecified atom stereocenters. The zero-order valence-electron chi connectivity index (χ0n) is 37.0. The fraction of sp³-hybridized carbons (Fsp3) is 0.478. The number of ether oxygens (including phenoxy) is 2. The topological polar surface area (TPSA) is 249 Å². The van der Waals surface area contributed by atoms with Gasteiger partial charge in [-0.2, -0.15) is 0 Å². The first kappa shape index (κ1) is 48.0. The van der Waals surface area contributed by atoms with Gasteiger partial charge in [0, 0.05) is 73.0 Å². The number of unbranched alkanes of at least 4 members (excludes halogenated alkanes) is 2. The van der Waals surface area contributed by atoms with E-state index in [1.807, 2.05) is 0 Å². The summed E-state index contributed by atoms with van der Waals surface area (Å²) in [6.07, 6.45) is 3.86. The number of Topliss-reactive ketones (excluding diaryl/α,β-unsaturated/α-hetero) is 2. The van der Waals surface area contributed by atoms with Crippen molar-refractivity contribution in [3.05, 3.63) is 74.3 Å². The van der Waals surface area contributed by atoms with Gasteiger partial charge < -0.3 is 35.1 Å². The van der Waals surface area contributed by atoms with E-state index in [9.17, 15) is 52.6 Å².